The van der Waals surface area contributed by atoms with Crippen molar-refractivity contribution in [1.29, 1.82) is 0 Å². The Kier molecular flexibility index (Phi) is 8.38. The van der Waals surface area contributed by atoms with Gasteiger partial charge in [-0.2, -0.15) is 0 Å². The monoisotopic (exact) mass is 560 g/mol. The summed E-state index contributed by atoms with van der Waals surface area (Å²) in [6.07, 6.45) is 1.30. The first-order valence-corrected chi connectivity index (χ1v) is 13.9. The minimum atomic E-state index is -0.640. The maximum absolute atomic E-state index is 13.3. The number of benzene rings is 3. The van der Waals surface area contributed by atoms with Gasteiger partial charge >= 0.3 is 0 Å². The highest BCUT2D eigenvalue weighted by Gasteiger charge is 2.36. The lowest BCUT2D eigenvalue weighted by Crippen LogP contribution is -2.32. The van der Waals surface area contributed by atoms with E-state index >= 15 is 0 Å². The third-order valence-corrected chi connectivity index (χ3v) is 7.19. The fourth-order valence-electron chi connectivity index (χ4n) is 4.98. The van der Waals surface area contributed by atoms with Crippen LogP contribution in [0.5, 0.6) is 11.5 Å². The normalized spacial score (nSPS) is 16.1. The molecule has 0 fully saturated rings. The topological polar surface area (TPSA) is 83.5 Å². The summed E-state index contributed by atoms with van der Waals surface area (Å²) in [7, 11) is 4.05. The van der Waals surface area contributed by atoms with Crippen molar-refractivity contribution in [2.24, 2.45) is 4.99 Å². The molecule has 208 valence electrons. The highest BCUT2D eigenvalue weighted by atomic mass is 35.5. The first-order valence-electron chi connectivity index (χ1n) is 13.5. The van der Waals surface area contributed by atoms with E-state index in [1.807, 2.05) is 74.4 Å². The predicted molar refractivity (Wildman–Crippen MR) is 159 cm³/mol. The smallest absolute Gasteiger partial charge is 0.238 e. The number of rotatable bonds is 9. The molecular weight excluding hydrogens is 528 g/mol. The number of amides is 2. The number of nitrogens with one attached hydrogen (secondary N) is 1. The molecule has 2 heterocycles. The van der Waals surface area contributed by atoms with Crippen molar-refractivity contribution < 1.29 is 19.1 Å². The van der Waals surface area contributed by atoms with Gasteiger partial charge in [0.25, 0.3) is 0 Å². The van der Waals surface area contributed by atoms with Gasteiger partial charge < -0.3 is 24.6 Å². The maximum Gasteiger partial charge on any atom is 0.238 e. The molecule has 1 N–H and O–H groups in total. The number of anilines is 2. The summed E-state index contributed by atoms with van der Waals surface area (Å²) >= 11 is 6.20. The fourth-order valence-corrected chi connectivity index (χ4v) is 5.16. The SMILES string of the molecule is CCC(=O)N(CCCN(C)C)c1ccc(N=C(c2ccc3c(c2)OCCO3)C2C(=O)Nc3cc(Cl)ccc32)cc1. The molecule has 2 aliphatic heterocycles. The Balaban J connectivity index is 1.52. The van der Waals surface area contributed by atoms with Gasteiger partial charge in [0.2, 0.25) is 11.8 Å². The Hall–Kier alpha value is -3.88. The Morgan fingerprint density at radius 2 is 1.75 bits per heavy atom. The molecule has 0 aromatic heterocycles. The average molecular weight is 561 g/mol. The van der Waals surface area contributed by atoms with E-state index in [-0.39, 0.29) is 11.8 Å². The van der Waals surface area contributed by atoms with Crippen molar-refractivity contribution in [3.8, 4) is 11.5 Å². The second-order valence-electron chi connectivity index (χ2n) is 10.1. The zero-order valence-electron chi connectivity index (χ0n) is 22.9. The second-order valence-corrected chi connectivity index (χ2v) is 10.5. The highest BCUT2D eigenvalue weighted by molar-refractivity contribution is 6.31. The molecule has 0 radical (unpaired) electrons. The number of carbonyl (C=O) groups excluding carboxylic acids is 2. The lowest BCUT2D eigenvalue weighted by molar-refractivity contribution is -0.118. The zero-order valence-corrected chi connectivity index (χ0v) is 23.7. The summed E-state index contributed by atoms with van der Waals surface area (Å²) < 4.78 is 11.5. The summed E-state index contributed by atoms with van der Waals surface area (Å²) in [6.45, 7) is 4.35. The Labute approximate surface area is 239 Å². The molecule has 2 amide bonds. The molecule has 8 nitrogen and oxygen atoms in total. The van der Waals surface area contributed by atoms with E-state index in [9.17, 15) is 9.59 Å². The second kappa shape index (κ2) is 12.1. The van der Waals surface area contributed by atoms with Crippen LogP contribution >= 0.6 is 11.6 Å². The van der Waals surface area contributed by atoms with E-state index in [2.05, 4.69) is 10.2 Å². The van der Waals surface area contributed by atoms with Gasteiger partial charge in [0.1, 0.15) is 19.1 Å². The molecule has 0 saturated heterocycles. The third kappa shape index (κ3) is 5.98. The van der Waals surface area contributed by atoms with Gasteiger partial charge in [0.05, 0.1) is 11.4 Å². The first-order chi connectivity index (χ1) is 19.3. The number of fused-ring (bicyclic) bond motifs is 2. The number of carbonyl (C=O) groups is 2. The number of nitrogens with zero attached hydrogens (tertiary/aromatic N) is 3. The summed E-state index contributed by atoms with van der Waals surface area (Å²) in [5, 5.41) is 3.50. The molecule has 5 rings (SSSR count). The minimum absolute atomic E-state index is 0.0740. The molecule has 0 saturated carbocycles. The van der Waals surface area contributed by atoms with E-state index in [1.54, 1.807) is 12.1 Å². The van der Waals surface area contributed by atoms with Crippen LogP contribution in [0.3, 0.4) is 0 Å². The zero-order chi connectivity index (χ0) is 28.2. The molecule has 3 aromatic carbocycles. The van der Waals surface area contributed by atoms with E-state index < -0.39 is 5.92 Å². The summed E-state index contributed by atoms with van der Waals surface area (Å²) in [4.78, 5) is 34.9. The van der Waals surface area contributed by atoms with Crippen molar-refractivity contribution in [2.45, 2.75) is 25.7 Å². The van der Waals surface area contributed by atoms with Crippen molar-refractivity contribution in [1.82, 2.24) is 4.90 Å². The molecule has 1 atom stereocenters. The standard InChI is InChI=1S/C31H33ClN4O4/c1-4-28(37)36(15-5-14-35(2)3)23-10-8-22(9-11-23)33-30(20-6-13-26-27(18-20)40-17-16-39-26)29-24-12-7-21(32)19-25(24)34-31(29)38/h6-13,18-19,29H,4-5,14-17H2,1-3H3,(H,34,38). The maximum atomic E-state index is 13.3. The van der Waals surface area contributed by atoms with Crippen LogP contribution < -0.4 is 19.7 Å². The van der Waals surface area contributed by atoms with Crippen molar-refractivity contribution >= 4 is 46.2 Å². The minimum Gasteiger partial charge on any atom is -0.486 e. The van der Waals surface area contributed by atoms with Crippen LogP contribution in [0.1, 0.15) is 36.8 Å². The Bertz CT molecular complexity index is 1440. The lowest BCUT2D eigenvalue weighted by Gasteiger charge is -2.23. The van der Waals surface area contributed by atoms with Gasteiger partial charge in [0.15, 0.2) is 11.5 Å². The van der Waals surface area contributed by atoms with Crippen LogP contribution in [0.25, 0.3) is 0 Å². The molecule has 40 heavy (non-hydrogen) atoms. The van der Waals surface area contributed by atoms with Crippen molar-refractivity contribution in [3.63, 3.8) is 0 Å². The van der Waals surface area contributed by atoms with Crippen LogP contribution in [-0.2, 0) is 9.59 Å². The largest absolute Gasteiger partial charge is 0.486 e. The van der Waals surface area contributed by atoms with Crippen LogP contribution in [0.15, 0.2) is 65.7 Å². The molecule has 0 aliphatic carbocycles. The fraction of sp³-hybridized carbons (Fsp3) is 0.323. The van der Waals surface area contributed by atoms with E-state index in [1.165, 1.54) is 0 Å². The number of ether oxygens (including phenoxy) is 2. The van der Waals surface area contributed by atoms with E-state index in [4.69, 9.17) is 26.1 Å². The van der Waals surface area contributed by atoms with E-state index in [0.717, 1.165) is 29.8 Å². The predicted octanol–water partition coefficient (Wildman–Crippen LogP) is 5.66. The van der Waals surface area contributed by atoms with Gasteiger partial charge in [-0.1, -0.05) is 24.6 Å². The number of hydrogen-bond donors (Lipinski definition) is 1. The van der Waals surface area contributed by atoms with Crippen LogP contribution in [-0.4, -0.2) is 62.8 Å². The number of hydrogen-bond acceptors (Lipinski definition) is 6. The molecule has 2 aliphatic rings. The molecule has 0 spiro atoms. The van der Waals surface area contributed by atoms with Gasteiger partial charge in [-0.15, -0.1) is 0 Å². The van der Waals surface area contributed by atoms with Gasteiger partial charge in [-0.3, -0.25) is 14.6 Å². The third-order valence-electron chi connectivity index (χ3n) is 6.96. The Morgan fingerprint density at radius 3 is 2.48 bits per heavy atom. The van der Waals surface area contributed by atoms with Gasteiger partial charge in [0, 0.05) is 34.9 Å². The molecule has 9 heteroatoms. The Morgan fingerprint density at radius 1 is 1.00 bits per heavy atom. The van der Waals surface area contributed by atoms with Crippen LogP contribution in [0.4, 0.5) is 17.1 Å². The van der Waals surface area contributed by atoms with Gasteiger partial charge in [-0.05, 0) is 87.2 Å². The quantitative estimate of drug-likeness (QED) is 0.341. The summed E-state index contributed by atoms with van der Waals surface area (Å²) in [6, 6.07) is 18.6. The number of halogens is 1. The molecule has 0 bridgehead atoms. The first kappa shape index (κ1) is 27.7. The van der Waals surface area contributed by atoms with Crippen LogP contribution in [0.2, 0.25) is 5.02 Å². The van der Waals surface area contributed by atoms with E-state index in [0.29, 0.717) is 59.8 Å². The highest BCUT2D eigenvalue weighted by Crippen LogP contribution is 2.39. The van der Waals surface area contributed by atoms with Gasteiger partial charge in [-0.25, -0.2) is 0 Å². The molecule has 1 unspecified atom stereocenters. The van der Waals surface area contributed by atoms with Crippen molar-refractivity contribution in [3.05, 3.63) is 76.8 Å². The number of aliphatic imine (C=N–C) groups is 1. The summed E-state index contributed by atoms with van der Waals surface area (Å²) in [5.74, 6) is 0.538. The summed E-state index contributed by atoms with van der Waals surface area (Å²) in [5.41, 5.74) is 4.30. The van der Waals surface area contributed by atoms with Crippen LogP contribution in [0, 0.1) is 0 Å². The molecule has 3 aromatic rings. The van der Waals surface area contributed by atoms with Crippen molar-refractivity contribution in [2.75, 3.05) is 50.6 Å². The lowest BCUT2D eigenvalue weighted by atomic mass is 9.90. The average Bonchev–Trinajstić information content (AvgIpc) is 3.28. The molecular formula is C31H33ClN4O4.